The number of hydrogen-bond donors (Lipinski definition) is 0. The molecule has 0 bridgehead atoms. The van der Waals surface area contributed by atoms with Gasteiger partial charge in [-0.3, -0.25) is 4.98 Å². The van der Waals surface area contributed by atoms with E-state index in [1.165, 1.54) is 18.3 Å². The Hall–Kier alpha value is -3.71. The summed E-state index contributed by atoms with van der Waals surface area (Å²) in [6.45, 7) is 0.000907. The van der Waals surface area contributed by atoms with Crippen LogP contribution in [0.4, 0.5) is 17.6 Å². The van der Waals surface area contributed by atoms with Crippen molar-refractivity contribution >= 4 is 26.8 Å². The molecule has 0 unspecified atom stereocenters. The van der Waals surface area contributed by atoms with Crippen molar-refractivity contribution in [1.82, 2.24) is 4.98 Å². The van der Waals surface area contributed by atoms with E-state index in [-0.39, 0.29) is 17.9 Å². The first-order valence-corrected chi connectivity index (χ1v) is 12.3. The molecule has 0 N–H and O–H groups in total. The molecule has 5 aromatic rings. The van der Waals surface area contributed by atoms with Crippen LogP contribution in [0.25, 0.3) is 22.0 Å². The molecule has 0 fully saturated rings. The highest BCUT2D eigenvalue weighted by Crippen LogP contribution is 2.39. The largest absolute Gasteiger partial charge is 0.489 e. The smallest absolute Gasteiger partial charge is 0.418 e. The van der Waals surface area contributed by atoms with Crippen LogP contribution in [-0.4, -0.2) is 4.98 Å². The molecule has 0 saturated heterocycles. The van der Waals surface area contributed by atoms with Gasteiger partial charge in [-0.15, -0.1) is 0 Å². The molecule has 186 valence electrons. The molecular formula is C30H20BrF4NO. The molecule has 0 saturated carbocycles. The molecule has 37 heavy (non-hydrogen) atoms. The zero-order valence-electron chi connectivity index (χ0n) is 19.4. The van der Waals surface area contributed by atoms with E-state index in [0.29, 0.717) is 34.2 Å². The highest BCUT2D eigenvalue weighted by Gasteiger charge is 2.33. The molecule has 0 spiro atoms. The van der Waals surface area contributed by atoms with E-state index >= 15 is 0 Å². The van der Waals surface area contributed by atoms with Crippen molar-refractivity contribution in [2.75, 3.05) is 0 Å². The molecule has 0 amide bonds. The van der Waals surface area contributed by atoms with Crippen molar-refractivity contribution in [2.24, 2.45) is 0 Å². The highest BCUT2D eigenvalue weighted by atomic mass is 79.9. The maximum atomic E-state index is 14.2. The lowest BCUT2D eigenvalue weighted by atomic mass is 9.92. The molecule has 0 radical (unpaired) electrons. The standard InChI is InChI=1S/C30H20BrF4NO/c31-23-12-13-27(32)22(15-23)18-37-24-9-4-8-20(16-24)28-21(14-19-6-2-1-3-7-19)17-36-29-25(28)10-5-11-26(29)30(33,34)35/h1-13,15-17H,14,18H2. The molecule has 0 aliphatic rings. The molecular weight excluding hydrogens is 546 g/mol. The Labute approximate surface area is 219 Å². The van der Waals surface area contributed by atoms with Crippen LogP contribution < -0.4 is 4.74 Å². The van der Waals surface area contributed by atoms with Crippen LogP contribution in [0.5, 0.6) is 5.75 Å². The fourth-order valence-electron chi connectivity index (χ4n) is 4.34. The van der Waals surface area contributed by atoms with E-state index in [1.807, 2.05) is 36.4 Å². The average molecular weight is 566 g/mol. The van der Waals surface area contributed by atoms with E-state index < -0.39 is 11.7 Å². The predicted molar refractivity (Wildman–Crippen MR) is 140 cm³/mol. The van der Waals surface area contributed by atoms with Gasteiger partial charge in [0.05, 0.1) is 11.1 Å². The van der Waals surface area contributed by atoms with E-state index in [1.54, 1.807) is 36.4 Å². The number of halogens is 5. The van der Waals surface area contributed by atoms with Crippen LogP contribution in [-0.2, 0) is 19.2 Å². The molecule has 0 aliphatic carbocycles. The van der Waals surface area contributed by atoms with Gasteiger partial charge in [-0.05, 0) is 65.1 Å². The summed E-state index contributed by atoms with van der Waals surface area (Å²) in [5, 5.41) is 0.401. The summed E-state index contributed by atoms with van der Waals surface area (Å²) in [6, 6.07) is 25.5. The van der Waals surface area contributed by atoms with Gasteiger partial charge in [0.15, 0.2) is 0 Å². The van der Waals surface area contributed by atoms with E-state index in [9.17, 15) is 17.6 Å². The third-order valence-corrected chi connectivity index (χ3v) is 6.54. The van der Waals surface area contributed by atoms with Crippen LogP contribution in [0.3, 0.4) is 0 Å². The van der Waals surface area contributed by atoms with Gasteiger partial charge in [0.1, 0.15) is 18.2 Å². The first-order chi connectivity index (χ1) is 17.8. The minimum atomic E-state index is -4.54. The van der Waals surface area contributed by atoms with Gasteiger partial charge in [0, 0.05) is 21.6 Å². The van der Waals surface area contributed by atoms with E-state index in [4.69, 9.17) is 4.74 Å². The molecule has 2 nitrogen and oxygen atoms in total. The quantitative estimate of drug-likeness (QED) is 0.192. The number of fused-ring (bicyclic) bond motifs is 1. The van der Waals surface area contributed by atoms with Gasteiger partial charge < -0.3 is 4.74 Å². The number of rotatable bonds is 6. The van der Waals surface area contributed by atoms with Crippen molar-refractivity contribution in [2.45, 2.75) is 19.2 Å². The van der Waals surface area contributed by atoms with Crippen LogP contribution in [0.1, 0.15) is 22.3 Å². The van der Waals surface area contributed by atoms with Crippen molar-refractivity contribution in [1.29, 1.82) is 0 Å². The second-order valence-corrected chi connectivity index (χ2v) is 9.49. The zero-order chi connectivity index (χ0) is 26.0. The highest BCUT2D eigenvalue weighted by molar-refractivity contribution is 9.10. The Bertz CT molecular complexity index is 1570. The molecule has 4 aromatic carbocycles. The Balaban J connectivity index is 1.60. The van der Waals surface area contributed by atoms with E-state index in [0.717, 1.165) is 21.7 Å². The second-order valence-electron chi connectivity index (χ2n) is 8.57. The molecule has 5 rings (SSSR count). The number of pyridine rings is 1. The summed E-state index contributed by atoms with van der Waals surface area (Å²) in [4.78, 5) is 4.25. The summed E-state index contributed by atoms with van der Waals surface area (Å²) in [6.07, 6.45) is -2.53. The molecule has 0 aliphatic heterocycles. The Morgan fingerprint density at radius 2 is 1.59 bits per heavy atom. The topological polar surface area (TPSA) is 22.1 Å². The number of hydrogen-bond acceptors (Lipinski definition) is 2. The maximum Gasteiger partial charge on any atom is 0.418 e. The third-order valence-electron chi connectivity index (χ3n) is 6.04. The minimum absolute atomic E-state index is 0.000907. The minimum Gasteiger partial charge on any atom is -0.489 e. The van der Waals surface area contributed by atoms with Crippen molar-refractivity contribution < 1.29 is 22.3 Å². The van der Waals surface area contributed by atoms with Crippen molar-refractivity contribution in [3.63, 3.8) is 0 Å². The number of benzene rings is 4. The normalized spacial score (nSPS) is 11.6. The first-order valence-electron chi connectivity index (χ1n) is 11.5. The van der Waals surface area contributed by atoms with Gasteiger partial charge in [0.2, 0.25) is 0 Å². The van der Waals surface area contributed by atoms with Crippen LogP contribution in [0, 0.1) is 5.82 Å². The monoisotopic (exact) mass is 565 g/mol. The molecule has 1 aromatic heterocycles. The van der Waals surface area contributed by atoms with Crippen LogP contribution >= 0.6 is 15.9 Å². The van der Waals surface area contributed by atoms with Gasteiger partial charge >= 0.3 is 6.18 Å². The van der Waals surface area contributed by atoms with Crippen molar-refractivity contribution in [3.05, 3.63) is 130 Å². The summed E-state index contributed by atoms with van der Waals surface area (Å²) < 4.78 is 62.2. The molecule has 0 atom stereocenters. The Morgan fingerprint density at radius 3 is 2.38 bits per heavy atom. The Kier molecular flexibility index (Phi) is 6.98. The summed E-state index contributed by atoms with van der Waals surface area (Å²) >= 11 is 3.33. The number of alkyl halides is 3. The fourth-order valence-corrected chi connectivity index (χ4v) is 4.75. The number of aromatic nitrogens is 1. The van der Waals surface area contributed by atoms with Gasteiger partial charge in [-0.25, -0.2) is 4.39 Å². The molecule has 1 heterocycles. The van der Waals surface area contributed by atoms with E-state index in [2.05, 4.69) is 20.9 Å². The number of ether oxygens (including phenoxy) is 1. The lowest BCUT2D eigenvalue weighted by molar-refractivity contribution is -0.136. The third kappa shape index (κ3) is 5.52. The number of nitrogens with zero attached hydrogens (tertiary/aromatic N) is 1. The average Bonchev–Trinajstić information content (AvgIpc) is 2.89. The predicted octanol–water partition coefficient (Wildman–Crippen LogP) is 8.99. The SMILES string of the molecule is Fc1ccc(Br)cc1COc1cccc(-c2c(Cc3ccccc3)cnc3c(C(F)(F)F)cccc23)c1. The summed E-state index contributed by atoms with van der Waals surface area (Å²) in [5.41, 5.74) is 2.62. The maximum absolute atomic E-state index is 14.2. The number of para-hydroxylation sites is 1. The van der Waals surface area contributed by atoms with Crippen LogP contribution in [0.15, 0.2) is 102 Å². The van der Waals surface area contributed by atoms with Crippen molar-refractivity contribution in [3.8, 4) is 16.9 Å². The Morgan fingerprint density at radius 1 is 0.811 bits per heavy atom. The second kappa shape index (κ2) is 10.3. The lowest BCUT2D eigenvalue weighted by Gasteiger charge is -2.17. The van der Waals surface area contributed by atoms with Gasteiger partial charge in [-0.2, -0.15) is 13.2 Å². The summed E-state index contributed by atoms with van der Waals surface area (Å²) in [5.74, 6) is 0.0868. The van der Waals surface area contributed by atoms with Gasteiger partial charge in [0.25, 0.3) is 0 Å². The molecule has 7 heteroatoms. The van der Waals surface area contributed by atoms with Gasteiger partial charge in [-0.1, -0.05) is 70.5 Å². The van der Waals surface area contributed by atoms with Crippen LogP contribution in [0.2, 0.25) is 0 Å². The fraction of sp³-hybridized carbons (Fsp3) is 0.100. The zero-order valence-corrected chi connectivity index (χ0v) is 21.0. The lowest BCUT2D eigenvalue weighted by Crippen LogP contribution is -2.07. The summed E-state index contributed by atoms with van der Waals surface area (Å²) in [7, 11) is 0. The first kappa shape index (κ1) is 25.0.